The van der Waals surface area contributed by atoms with Crippen LogP contribution in [0.4, 0.5) is 0 Å². The summed E-state index contributed by atoms with van der Waals surface area (Å²) >= 11 is 5.57. The molecule has 4 nitrogen and oxygen atoms in total. The van der Waals surface area contributed by atoms with Gasteiger partial charge in [-0.1, -0.05) is 18.2 Å². The van der Waals surface area contributed by atoms with E-state index in [1.165, 1.54) is 6.92 Å². The van der Waals surface area contributed by atoms with Gasteiger partial charge in [0, 0.05) is 12.2 Å². The summed E-state index contributed by atoms with van der Waals surface area (Å²) in [4.78, 5) is 11.4. The van der Waals surface area contributed by atoms with E-state index in [2.05, 4.69) is 0 Å². The van der Waals surface area contributed by atoms with Crippen molar-refractivity contribution in [1.82, 2.24) is 0 Å². The number of benzene rings is 1. The van der Waals surface area contributed by atoms with Crippen molar-refractivity contribution < 1.29 is 19.4 Å². The van der Waals surface area contributed by atoms with Gasteiger partial charge in [0.15, 0.2) is 5.60 Å². The van der Waals surface area contributed by atoms with Crippen molar-refractivity contribution in [3.05, 3.63) is 29.8 Å². The van der Waals surface area contributed by atoms with Crippen LogP contribution in [0.1, 0.15) is 19.4 Å². The number of para-hydroxylation sites is 1. The lowest BCUT2D eigenvalue weighted by atomic mass is 9.95. The summed E-state index contributed by atoms with van der Waals surface area (Å²) in [5, 5.41) is 9.36. The van der Waals surface area contributed by atoms with Crippen molar-refractivity contribution >= 4 is 17.6 Å². The number of carboxylic acid groups (broad SMARTS) is 1. The summed E-state index contributed by atoms with van der Waals surface area (Å²) in [5.41, 5.74) is -0.929. The summed E-state index contributed by atoms with van der Waals surface area (Å²) in [7, 11) is 0. The Morgan fingerprint density at radius 1 is 1.44 bits per heavy atom. The zero-order valence-corrected chi connectivity index (χ0v) is 11.2. The van der Waals surface area contributed by atoms with Crippen LogP contribution in [0.5, 0.6) is 5.75 Å². The first-order valence-electron chi connectivity index (χ1n) is 5.72. The van der Waals surface area contributed by atoms with Gasteiger partial charge in [0.2, 0.25) is 0 Å². The largest absolute Gasteiger partial charge is 0.492 e. The minimum absolute atomic E-state index is 0.298. The van der Waals surface area contributed by atoms with E-state index in [0.717, 1.165) is 0 Å². The third kappa shape index (κ3) is 3.15. The van der Waals surface area contributed by atoms with E-state index in [1.54, 1.807) is 31.2 Å². The van der Waals surface area contributed by atoms with E-state index in [1.807, 2.05) is 0 Å². The summed E-state index contributed by atoms with van der Waals surface area (Å²) < 4.78 is 10.8. The average molecular weight is 273 g/mol. The molecule has 0 saturated heterocycles. The molecule has 0 aromatic heterocycles. The van der Waals surface area contributed by atoms with Gasteiger partial charge in [-0.25, -0.2) is 4.79 Å². The van der Waals surface area contributed by atoms with Crippen LogP contribution in [0.3, 0.4) is 0 Å². The Hall–Kier alpha value is -1.26. The van der Waals surface area contributed by atoms with E-state index in [4.69, 9.17) is 21.1 Å². The number of alkyl halides is 1. The molecular weight excluding hydrogens is 256 g/mol. The van der Waals surface area contributed by atoms with Crippen molar-refractivity contribution in [2.45, 2.75) is 19.4 Å². The number of aliphatic carboxylic acids is 1. The Kier molecular flexibility index (Phi) is 5.44. The highest BCUT2D eigenvalue weighted by atomic mass is 35.5. The Bertz CT molecular complexity index is 408. The Labute approximate surface area is 111 Å². The molecule has 0 spiro atoms. The van der Waals surface area contributed by atoms with Crippen molar-refractivity contribution in [3.63, 3.8) is 0 Å². The predicted molar refractivity (Wildman–Crippen MR) is 69.3 cm³/mol. The third-order valence-corrected chi connectivity index (χ3v) is 2.73. The van der Waals surface area contributed by atoms with Crippen LogP contribution >= 0.6 is 11.6 Å². The second-order valence-corrected chi connectivity index (χ2v) is 4.18. The fourth-order valence-corrected chi connectivity index (χ4v) is 1.76. The van der Waals surface area contributed by atoms with Crippen LogP contribution in [-0.2, 0) is 15.1 Å². The molecule has 1 rings (SSSR count). The van der Waals surface area contributed by atoms with Crippen molar-refractivity contribution in [1.29, 1.82) is 0 Å². The lowest BCUT2D eigenvalue weighted by Gasteiger charge is -2.27. The maximum Gasteiger partial charge on any atom is 0.340 e. The first-order chi connectivity index (χ1) is 8.56. The second-order valence-electron chi connectivity index (χ2n) is 3.81. The number of rotatable bonds is 7. The number of carboxylic acids is 1. The molecule has 1 aromatic carbocycles. The van der Waals surface area contributed by atoms with Crippen LogP contribution in [0.25, 0.3) is 0 Å². The summed E-state index contributed by atoms with van der Waals surface area (Å²) in [5.74, 6) is -0.227. The molecule has 18 heavy (non-hydrogen) atoms. The summed E-state index contributed by atoms with van der Waals surface area (Å²) in [6, 6.07) is 6.93. The lowest BCUT2D eigenvalue weighted by Crippen LogP contribution is -2.36. The summed E-state index contributed by atoms with van der Waals surface area (Å²) in [6.07, 6.45) is 0. The zero-order chi connectivity index (χ0) is 13.6. The number of halogens is 1. The number of hydrogen-bond donors (Lipinski definition) is 1. The monoisotopic (exact) mass is 272 g/mol. The first-order valence-corrected chi connectivity index (χ1v) is 6.25. The van der Waals surface area contributed by atoms with Crippen LogP contribution < -0.4 is 4.74 Å². The minimum Gasteiger partial charge on any atom is -0.492 e. The second kappa shape index (κ2) is 6.61. The minimum atomic E-state index is -1.42. The molecule has 1 aromatic rings. The Balaban J connectivity index is 3.15. The zero-order valence-electron chi connectivity index (χ0n) is 10.5. The number of ether oxygens (including phenoxy) is 2. The highest BCUT2D eigenvalue weighted by Gasteiger charge is 2.38. The van der Waals surface area contributed by atoms with Crippen LogP contribution in [0.15, 0.2) is 24.3 Å². The normalized spacial score (nSPS) is 13.9. The molecule has 0 fully saturated rings. The molecule has 0 aliphatic heterocycles. The average Bonchev–Trinajstić information content (AvgIpc) is 2.36. The third-order valence-electron chi connectivity index (χ3n) is 2.58. The molecule has 0 amide bonds. The maximum absolute atomic E-state index is 11.4. The molecule has 0 saturated carbocycles. The molecular formula is C13H17ClO4. The summed E-state index contributed by atoms with van der Waals surface area (Å²) in [6.45, 7) is 3.89. The van der Waals surface area contributed by atoms with Gasteiger partial charge in [0.25, 0.3) is 0 Å². The molecule has 0 radical (unpaired) electrons. The van der Waals surface area contributed by atoms with Crippen LogP contribution in [0, 0.1) is 0 Å². The topological polar surface area (TPSA) is 55.8 Å². The van der Waals surface area contributed by atoms with Crippen LogP contribution in [-0.4, -0.2) is 30.2 Å². The van der Waals surface area contributed by atoms with Gasteiger partial charge >= 0.3 is 5.97 Å². The first kappa shape index (κ1) is 14.8. The van der Waals surface area contributed by atoms with Gasteiger partial charge in [-0.05, 0) is 19.9 Å². The number of carbonyl (C=O) groups is 1. The van der Waals surface area contributed by atoms with Gasteiger partial charge in [-0.2, -0.15) is 0 Å². The SMILES string of the molecule is CCOC(C)(C(=O)O)c1ccccc1OCCCl. The van der Waals surface area contributed by atoms with Gasteiger partial charge < -0.3 is 14.6 Å². The van der Waals surface area contributed by atoms with Gasteiger partial charge in [0.05, 0.1) is 5.88 Å². The maximum atomic E-state index is 11.4. The highest BCUT2D eigenvalue weighted by Crippen LogP contribution is 2.33. The molecule has 1 unspecified atom stereocenters. The molecule has 0 aliphatic carbocycles. The fraction of sp³-hybridized carbons (Fsp3) is 0.462. The molecule has 0 aliphatic rings. The van der Waals surface area contributed by atoms with Crippen molar-refractivity contribution in [2.75, 3.05) is 19.1 Å². The Morgan fingerprint density at radius 2 is 2.11 bits per heavy atom. The predicted octanol–water partition coefficient (Wildman–Crippen LogP) is 2.64. The van der Waals surface area contributed by atoms with Gasteiger partial charge in [-0.15, -0.1) is 11.6 Å². The number of hydrogen-bond acceptors (Lipinski definition) is 3. The van der Waals surface area contributed by atoms with E-state index in [0.29, 0.717) is 30.4 Å². The molecule has 0 bridgehead atoms. The highest BCUT2D eigenvalue weighted by molar-refractivity contribution is 6.18. The quantitative estimate of drug-likeness (QED) is 0.776. The molecule has 1 atom stereocenters. The molecule has 1 N–H and O–H groups in total. The fourth-order valence-electron chi connectivity index (χ4n) is 1.68. The van der Waals surface area contributed by atoms with Gasteiger partial charge in [0.1, 0.15) is 12.4 Å². The van der Waals surface area contributed by atoms with E-state index in [-0.39, 0.29) is 0 Å². The molecule has 0 heterocycles. The lowest BCUT2D eigenvalue weighted by molar-refractivity contribution is -0.164. The van der Waals surface area contributed by atoms with E-state index in [9.17, 15) is 9.90 Å². The van der Waals surface area contributed by atoms with E-state index < -0.39 is 11.6 Å². The van der Waals surface area contributed by atoms with E-state index >= 15 is 0 Å². The van der Waals surface area contributed by atoms with Gasteiger partial charge in [-0.3, -0.25) is 0 Å². The standard InChI is InChI=1S/C13H17ClO4/c1-3-18-13(2,12(15)16)10-6-4-5-7-11(10)17-9-8-14/h4-7H,3,8-9H2,1-2H3,(H,15,16). The molecule has 100 valence electrons. The van der Waals surface area contributed by atoms with Crippen molar-refractivity contribution in [2.24, 2.45) is 0 Å². The smallest absolute Gasteiger partial charge is 0.340 e. The van der Waals surface area contributed by atoms with Crippen LogP contribution in [0.2, 0.25) is 0 Å². The molecule has 5 heteroatoms. The Morgan fingerprint density at radius 3 is 2.67 bits per heavy atom. The van der Waals surface area contributed by atoms with Crippen molar-refractivity contribution in [3.8, 4) is 5.75 Å².